The highest BCUT2D eigenvalue weighted by Gasteiger charge is 2.18. The van der Waals surface area contributed by atoms with Gasteiger partial charge in [0.15, 0.2) is 6.04 Å². The van der Waals surface area contributed by atoms with Crippen LogP contribution in [0, 0.1) is 0 Å². The lowest BCUT2D eigenvalue weighted by Crippen LogP contribution is -2.30. The molecule has 21 heavy (non-hydrogen) atoms. The highest BCUT2D eigenvalue weighted by atomic mass is 16.5. The Hall–Kier alpha value is -2.63. The van der Waals surface area contributed by atoms with Crippen molar-refractivity contribution < 1.29 is 14.3 Å². The molecule has 0 N–H and O–H groups in total. The van der Waals surface area contributed by atoms with E-state index >= 15 is 0 Å². The molecule has 0 unspecified atom stereocenters. The van der Waals surface area contributed by atoms with E-state index in [9.17, 15) is 9.59 Å². The van der Waals surface area contributed by atoms with Gasteiger partial charge in [0, 0.05) is 11.6 Å². The molecule has 0 aliphatic heterocycles. The Bertz CT molecular complexity index is 709. The van der Waals surface area contributed by atoms with Gasteiger partial charge in [-0.05, 0) is 25.1 Å². The maximum absolute atomic E-state index is 11.9. The first-order chi connectivity index (χ1) is 10.1. The maximum Gasteiger partial charge on any atom is 0.330 e. The first kappa shape index (κ1) is 14.8. The number of nitrogens with zero attached hydrogens (tertiary/aromatic N) is 2. The normalized spacial score (nSPS) is 11.8. The minimum absolute atomic E-state index is 0.362. The van der Waals surface area contributed by atoms with E-state index in [0.29, 0.717) is 11.4 Å². The zero-order chi connectivity index (χ0) is 15.4. The highest BCUT2D eigenvalue weighted by Crippen LogP contribution is 2.21. The van der Waals surface area contributed by atoms with Crippen molar-refractivity contribution in [3.63, 3.8) is 0 Å². The molecule has 0 saturated heterocycles. The molecule has 0 fully saturated rings. The van der Waals surface area contributed by atoms with Crippen LogP contribution in [0.2, 0.25) is 0 Å². The molecule has 1 aromatic heterocycles. The summed E-state index contributed by atoms with van der Waals surface area (Å²) >= 11 is 0. The summed E-state index contributed by atoms with van der Waals surface area (Å²) in [5, 5.41) is 4.23. The van der Waals surface area contributed by atoms with Crippen molar-refractivity contribution in [2.75, 3.05) is 14.2 Å². The van der Waals surface area contributed by atoms with Gasteiger partial charge in [-0.15, -0.1) is 0 Å². The Morgan fingerprint density at radius 3 is 2.67 bits per heavy atom. The molecule has 0 saturated carbocycles. The number of hydrogen-bond acceptors (Lipinski definition) is 5. The van der Waals surface area contributed by atoms with E-state index in [-0.39, 0.29) is 5.56 Å². The van der Waals surface area contributed by atoms with Crippen LogP contribution < -0.4 is 10.3 Å². The molecule has 0 aliphatic carbocycles. The zero-order valence-electron chi connectivity index (χ0n) is 12.1. The molecule has 2 rings (SSSR count). The summed E-state index contributed by atoms with van der Waals surface area (Å²) in [5.41, 5.74) is 1.00. The zero-order valence-corrected chi connectivity index (χ0v) is 12.1. The number of methoxy groups -OCH3 is 2. The van der Waals surface area contributed by atoms with Crippen molar-refractivity contribution in [3.8, 4) is 17.0 Å². The molecule has 0 bridgehead atoms. The van der Waals surface area contributed by atoms with Crippen LogP contribution in [0.4, 0.5) is 0 Å². The van der Waals surface area contributed by atoms with Crippen LogP contribution in [-0.2, 0) is 9.53 Å². The Balaban J connectivity index is 2.47. The first-order valence-electron chi connectivity index (χ1n) is 6.39. The van der Waals surface area contributed by atoms with E-state index < -0.39 is 12.0 Å². The fourth-order valence-corrected chi connectivity index (χ4v) is 1.91. The van der Waals surface area contributed by atoms with Gasteiger partial charge in [0.25, 0.3) is 5.56 Å². The van der Waals surface area contributed by atoms with Crippen molar-refractivity contribution in [2.45, 2.75) is 13.0 Å². The van der Waals surface area contributed by atoms with Crippen LogP contribution in [0.15, 0.2) is 41.2 Å². The standard InChI is InChI=1S/C15H16N2O4/c1-10(15(19)21-3)17-14(18)8-7-13(16-17)11-5-4-6-12(9-11)20-2/h4-10H,1-3H3/t10-/m1/s1. The predicted molar refractivity (Wildman–Crippen MR) is 77.2 cm³/mol. The molecule has 6 heteroatoms. The summed E-state index contributed by atoms with van der Waals surface area (Å²) in [6.45, 7) is 1.57. The number of rotatable bonds is 4. The van der Waals surface area contributed by atoms with Crippen LogP contribution in [-0.4, -0.2) is 30.0 Å². The monoisotopic (exact) mass is 288 g/mol. The van der Waals surface area contributed by atoms with Gasteiger partial charge in [0.2, 0.25) is 0 Å². The van der Waals surface area contributed by atoms with Crippen molar-refractivity contribution in [3.05, 3.63) is 46.8 Å². The van der Waals surface area contributed by atoms with Crippen molar-refractivity contribution >= 4 is 5.97 Å². The van der Waals surface area contributed by atoms with Crippen LogP contribution in [0.25, 0.3) is 11.3 Å². The molecular weight excluding hydrogens is 272 g/mol. The maximum atomic E-state index is 11.9. The van der Waals surface area contributed by atoms with Gasteiger partial charge in [0.1, 0.15) is 5.75 Å². The summed E-state index contributed by atoms with van der Waals surface area (Å²) in [5.74, 6) is 0.167. The molecule has 2 aromatic rings. The fraction of sp³-hybridized carbons (Fsp3) is 0.267. The van der Waals surface area contributed by atoms with Gasteiger partial charge in [-0.25, -0.2) is 9.48 Å². The van der Waals surface area contributed by atoms with Crippen molar-refractivity contribution in [2.24, 2.45) is 0 Å². The lowest BCUT2D eigenvalue weighted by Gasteiger charge is -2.12. The van der Waals surface area contributed by atoms with Crippen LogP contribution in [0.5, 0.6) is 5.75 Å². The van der Waals surface area contributed by atoms with Crippen molar-refractivity contribution in [1.82, 2.24) is 9.78 Å². The Morgan fingerprint density at radius 2 is 2.00 bits per heavy atom. The van der Waals surface area contributed by atoms with Gasteiger partial charge < -0.3 is 9.47 Å². The van der Waals surface area contributed by atoms with Crippen LogP contribution >= 0.6 is 0 Å². The molecule has 1 heterocycles. The molecular formula is C15H16N2O4. The second kappa shape index (κ2) is 6.21. The van der Waals surface area contributed by atoms with Gasteiger partial charge in [-0.3, -0.25) is 4.79 Å². The van der Waals surface area contributed by atoms with Gasteiger partial charge >= 0.3 is 5.97 Å². The van der Waals surface area contributed by atoms with Gasteiger partial charge in [0.05, 0.1) is 19.9 Å². The third-order valence-electron chi connectivity index (χ3n) is 3.10. The van der Waals surface area contributed by atoms with E-state index in [1.54, 1.807) is 26.2 Å². The molecule has 0 spiro atoms. The third-order valence-corrected chi connectivity index (χ3v) is 3.10. The van der Waals surface area contributed by atoms with Gasteiger partial charge in [-0.2, -0.15) is 5.10 Å². The molecule has 0 radical (unpaired) electrons. The van der Waals surface area contributed by atoms with E-state index in [1.807, 2.05) is 18.2 Å². The molecule has 0 aliphatic rings. The Kier molecular flexibility index (Phi) is 4.37. The highest BCUT2D eigenvalue weighted by molar-refractivity contribution is 5.73. The molecule has 1 aromatic carbocycles. The summed E-state index contributed by atoms with van der Waals surface area (Å²) in [4.78, 5) is 23.4. The fourth-order valence-electron chi connectivity index (χ4n) is 1.91. The van der Waals surface area contributed by atoms with Crippen LogP contribution in [0.1, 0.15) is 13.0 Å². The topological polar surface area (TPSA) is 70.4 Å². The number of carbonyl (C=O) groups is 1. The second-order valence-corrected chi connectivity index (χ2v) is 4.43. The number of hydrogen-bond donors (Lipinski definition) is 0. The Morgan fingerprint density at radius 1 is 1.24 bits per heavy atom. The lowest BCUT2D eigenvalue weighted by atomic mass is 10.1. The van der Waals surface area contributed by atoms with Crippen molar-refractivity contribution in [1.29, 1.82) is 0 Å². The van der Waals surface area contributed by atoms with E-state index in [1.165, 1.54) is 13.2 Å². The number of aromatic nitrogens is 2. The SMILES string of the molecule is COC(=O)[C@@H](C)n1nc(-c2cccc(OC)c2)ccc1=O. The number of benzene rings is 1. The molecule has 1 atom stereocenters. The number of ether oxygens (including phenoxy) is 2. The average molecular weight is 288 g/mol. The van der Waals surface area contributed by atoms with E-state index in [2.05, 4.69) is 9.84 Å². The lowest BCUT2D eigenvalue weighted by molar-refractivity contribution is -0.144. The average Bonchev–Trinajstić information content (AvgIpc) is 2.54. The van der Waals surface area contributed by atoms with E-state index in [4.69, 9.17) is 4.74 Å². The predicted octanol–water partition coefficient (Wildman–Crippen LogP) is 1.65. The summed E-state index contributed by atoms with van der Waals surface area (Å²) < 4.78 is 10.9. The third kappa shape index (κ3) is 3.10. The largest absolute Gasteiger partial charge is 0.497 e. The molecule has 0 amide bonds. The quantitative estimate of drug-likeness (QED) is 0.800. The minimum Gasteiger partial charge on any atom is -0.497 e. The summed E-state index contributed by atoms with van der Waals surface area (Å²) in [6.07, 6.45) is 0. The minimum atomic E-state index is -0.784. The number of esters is 1. The smallest absolute Gasteiger partial charge is 0.330 e. The molecule has 6 nitrogen and oxygen atoms in total. The van der Waals surface area contributed by atoms with Crippen LogP contribution in [0.3, 0.4) is 0 Å². The summed E-state index contributed by atoms with van der Waals surface area (Å²) in [6, 6.07) is 9.50. The number of carbonyl (C=O) groups excluding carboxylic acids is 1. The second-order valence-electron chi connectivity index (χ2n) is 4.43. The molecule has 110 valence electrons. The van der Waals surface area contributed by atoms with Gasteiger partial charge in [-0.1, -0.05) is 12.1 Å². The Labute approximate surface area is 121 Å². The summed E-state index contributed by atoms with van der Waals surface area (Å²) in [7, 11) is 2.85. The van der Waals surface area contributed by atoms with E-state index in [0.717, 1.165) is 10.2 Å². The first-order valence-corrected chi connectivity index (χ1v) is 6.39.